The molecule has 0 spiro atoms. The summed E-state index contributed by atoms with van der Waals surface area (Å²) in [6.45, 7) is 0.253. The molecule has 2 aromatic heterocycles. The third-order valence-electron chi connectivity index (χ3n) is 5.38. The largest absolute Gasteiger partial charge is 0.395 e. The normalized spacial score (nSPS) is 13.3. The van der Waals surface area contributed by atoms with Crippen LogP contribution in [0.3, 0.4) is 0 Å². The molecule has 0 aliphatic heterocycles. The molecule has 32 heavy (non-hydrogen) atoms. The number of halogens is 1. The van der Waals surface area contributed by atoms with Crippen molar-refractivity contribution in [1.29, 1.82) is 5.26 Å². The molecule has 0 radical (unpaired) electrons. The van der Waals surface area contributed by atoms with E-state index in [0.29, 0.717) is 39.7 Å². The fourth-order valence-electron chi connectivity index (χ4n) is 3.65. The zero-order valence-corrected chi connectivity index (χ0v) is 17.7. The minimum absolute atomic E-state index is 0.0579. The zero-order chi connectivity index (χ0) is 22.2. The summed E-state index contributed by atoms with van der Waals surface area (Å²) in [6.07, 6.45) is 3.73. The van der Waals surface area contributed by atoms with Gasteiger partial charge < -0.3 is 15.7 Å². The molecule has 3 N–H and O–H groups in total. The van der Waals surface area contributed by atoms with E-state index in [2.05, 4.69) is 26.7 Å². The summed E-state index contributed by atoms with van der Waals surface area (Å²) < 4.78 is 1.93. The number of aliphatic hydroxyl groups excluding tert-OH is 1. The molecule has 0 atom stereocenters. The van der Waals surface area contributed by atoms with Crippen molar-refractivity contribution in [3.8, 4) is 17.3 Å². The zero-order valence-electron chi connectivity index (χ0n) is 17.0. The molecule has 5 rings (SSSR count). The Balaban J connectivity index is 1.65. The lowest BCUT2D eigenvalue weighted by molar-refractivity contribution is 0.0951. The van der Waals surface area contributed by atoms with Gasteiger partial charge in [-0.3, -0.25) is 9.20 Å². The first-order valence-corrected chi connectivity index (χ1v) is 10.6. The molecule has 8 nitrogen and oxygen atoms in total. The molecule has 1 aliphatic rings. The molecule has 1 aliphatic carbocycles. The maximum Gasteiger partial charge on any atom is 0.253 e. The molecule has 9 heteroatoms. The molecule has 2 heterocycles. The number of benzene rings is 2. The van der Waals surface area contributed by atoms with Crippen LogP contribution in [0.4, 0.5) is 5.82 Å². The molecule has 0 saturated heterocycles. The predicted octanol–water partition coefficient (Wildman–Crippen LogP) is 3.37. The van der Waals surface area contributed by atoms with Crippen LogP contribution in [0.15, 0.2) is 42.6 Å². The highest BCUT2D eigenvalue weighted by Crippen LogP contribution is 2.31. The maximum absolute atomic E-state index is 12.4. The predicted molar refractivity (Wildman–Crippen MR) is 122 cm³/mol. The highest BCUT2D eigenvalue weighted by molar-refractivity contribution is 6.34. The summed E-state index contributed by atoms with van der Waals surface area (Å²) >= 11 is 6.47. The van der Waals surface area contributed by atoms with E-state index in [4.69, 9.17) is 11.6 Å². The van der Waals surface area contributed by atoms with Gasteiger partial charge in [0, 0.05) is 18.2 Å². The quantitative estimate of drug-likeness (QED) is 0.418. The lowest BCUT2D eigenvalue weighted by Gasteiger charge is -2.12. The van der Waals surface area contributed by atoms with Gasteiger partial charge in [0.2, 0.25) is 0 Å². The Kier molecular flexibility index (Phi) is 5.13. The Morgan fingerprint density at radius 1 is 1.28 bits per heavy atom. The van der Waals surface area contributed by atoms with E-state index in [-0.39, 0.29) is 18.6 Å². The minimum atomic E-state index is -0.170. The SMILES string of the molecule is N#Cc1ccc2c(c1)nc(NCCO)c1ncc(-c3ccc(C(=O)NC4CC4)c(Cl)c3)n12. The number of hydrogen-bond acceptors (Lipinski definition) is 6. The molecule has 1 fully saturated rings. The van der Waals surface area contributed by atoms with E-state index in [0.717, 1.165) is 29.6 Å². The third kappa shape index (κ3) is 3.62. The maximum atomic E-state index is 12.4. The topological polar surface area (TPSA) is 115 Å². The van der Waals surface area contributed by atoms with E-state index in [1.165, 1.54) is 0 Å². The van der Waals surface area contributed by atoms with Crippen molar-refractivity contribution in [3.63, 3.8) is 0 Å². The van der Waals surface area contributed by atoms with Crippen molar-refractivity contribution in [2.24, 2.45) is 0 Å². The van der Waals surface area contributed by atoms with Crippen molar-refractivity contribution in [2.45, 2.75) is 18.9 Å². The number of fused-ring (bicyclic) bond motifs is 3. The van der Waals surface area contributed by atoms with Crippen molar-refractivity contribution in [1.82, 2.24) is 19.7 Å². The number of carbonyl (C=O) groups is 1. The smallest absolute Gasteiger partial charge is 0.253 e. The van der Waals surface area contributed by atoms with Crippen LogP contribution in [-0.2, 0) is 0 Å². The Bertz CT molecular complexity index is 1400. The molecule has 0 unspecified atom stereocenters. The summed E-state index contributed by atoms with van der Waals surface area (Å²) in [5.74, 6) is 0.329. The van der Waals surface area contributed by atoms with Gasteiger partial charge in [0.25, 0.3) is 5.91 Å². The van der Waals surface area contributed by atoms with Gasteiger partial charge in [0.15, 0.2) is 11.5 Å². The first-order valence-electron chi connectivity index (χ1n) is 10.3. The summed E-state index contributed by atoms with van der Waals surface area (Å²) in [7, 11) is 0. The number of carbonyl (C=O) groups excluding carboxylic acids is 1. The fourth-order valence-corrected chi connectivity index (χ4v) is 3.92. The van der Waals surface area contributed by atoms with Gasteiger partial charge >= 0.3 is 0 Å². The first-order chi connectivity index (χ1) is 15.6. The van der Waals surface area contributed by atoms with Gasteiger partial charge in [-0.2, -0.15) is 5.26 Å². The number of nitrogens with one attached hydrogen (secondary N) is 2. The summed E-state index contributed by atoms with van der Waals surface area (Å²) in [4.78, 5) is 21.6. The number of anilines is 1. The van der Waals surface area contributed by atoms with Crippen LogP contribution in [0.5, 0.6) is 0 Å². The van der Waals surface area contributed by atoms with Gasteiger partial charge in [-0.15, -0.1) is 0 Å². The van der Waals surface area contributed by atoms with Crippen LogP contribution < -0.4 is 10.6 Å². The average Bonchev–Trinajstić information content (AvgIpc) is 3.50. The second-order valence-corrected chi connectivity index (χ2v) is 8.08. The Morgan fingerprint density at radius 2 is 2.12 bits per heavy atom. The summed E-state index contributed by atoms with van der Waals surface area (Å²) in [5.41, 5.74) is 4.45. The van der Waals surface area contributed by atoms with Crippen LogP contribution in [0, 0.1) is 11.3 Å². The number of amides is 1. The lowest BCUT2D eigenvalue weighted by Crippen LogP contribution is -2.25. The van der Waals surface area contributed by atoms with Gasteiger partial charge in [0.05, 0.1) is 51.7 Å². The van der Waals surface area contributed by atoms with Crippen molar-refractivity contribution < 1.29 is 9.90 Å². The molecule has 1 amide bonds. The number of hydrogen-bond donors (Lipinski definition) is 3. The van der Waals surface area contributed by atoms with Gasteiger partial charge in [-0.25, -0.2) is 9.97 Å². The van der Waals surface area contributed by atoms with Crippen LogP contribution in [0.1, 0.15) is 28.8 Å². The molecular formula is C23H19ClN6O2. The number of nitrogens with zero attached hydrogens (tertiary/aromatic N) is 4. The Morgan fingerprint density at radius 3 is 2.84 bits per heavy atom. The summed E-state index contributed by atoms with van der Waals surface area (Å²) in [6, 6.07) is 13.0. The molecule has 0 bridgehead atoms. The fraction of sp³-hybridized carbons (Fsp3) is 0.217. The number of rotatable bonds is 6. The summed E-state index contributed by atoms with van der Waals surface area (Å²) in [5, 5.41) is 24.9. The van der Waals surface area contributed by atoms with Gasteiger partial charge in [0.1, 0.15) is 0 Å². The number of nitriles is 1. The highest BCUT2D eigenvalue weighted by Gasteiger charge is 2.25. The Hall–Kier alpha value is -3.67. The minimum Gasteiger partial charge on any atom is -0.395 e. The van der Waals surface area contributed by atoms with Crippen LogP contribution in [-0.4, -0.2) is 44.6 Å². The monoisotopic (exact) mass is 446 g/mol. The molecule has 2 aromatic carbocycles. The molecule has 1 saturated carbocycles. The van der Waals surface area contributed by atoms with E-state index in [1.54, 1.807) is 30.5 Å². The average molecular weight is 447 g/mol. The van der Waals surface area contributed by atoms with Gasteiger partial charge in [-0.1, -0.05) is 17.7 Å². The molecule has 160 valence electrons. The molecule has 4 aromatic rings. The number of imidazole rings is 1. The number of aliphatic hydroxyl groups is 1. The third-order valence-corrected chi connectivity index (χ3v) is 5.69. The lowest BCUT2D eigenvalue weighted by atomic mass is 10.1. The van der Waals surface area contributed by atoms with Crippen LogP contribution >= 0.6 is 11.6 Å². The van der Waals surface area contributed by atoms with Crippen LogP contribution in [0.25, 0.3) is 27.9 Å². The van der Waals surface area contributed by atoms with E-state index >= 15 is 0 Å². The van der Waals surface area contributed by atoms with E-state index in [1.807, 2.05) is 16.5 Å². The highest BCUT2D eigenvalue weighted by atomic mass is 35.5. The van der Waals surface area contributed by atoms with E-state index in [9.17, 15) is 15.2 Å². The van der Waals surface area contributed by atoms with Crippen molar-refractivity contribution >= 4 is 40.0 Å². The van der Waals surface area contributed by atoms with Crippen molar-refractivity contribution in [3.05, 3.63) is 58.7 Å². The second kappa shape index (κ2) is 8.11. The molecular weight excluding hydrogens is 428 g/mol. The first kappa shape index (κ1) is 20.2. The van der Waals surface area contributed by atoms with Gasteiger partial charge in [-0.05, 0) is 43.2 Å². The number of aromatic nitrogens is 3. The second-order valence-electron chi connectivity index (χ2n) is 7.67. The van der Waals surface area contributed by atoms with E-state index < -0.39 is 0 Å². The standard InChI is InChI=1S/C23H19ClN6O2/c24-17-10-14(2-5-16(17)23(32)28-15-3-4-15)20-12-27-22-21(26-7-8-31)29-18-9-13(11-25)1-6-19(18)30(20)22/h1-2,5-6,9-10,12,15,31H,3-4,7-8H2,(H,26,29)(H,28,32). The Labute approximate surface area is 188 Å². The van der Waals surface area contributed by atoms with Crippen LogP contribution in [0.2, 0.25) is 5.02 Å². The van der Waals surface area contributed by atoms with Crippen molar-refractivity contribution in [2.75, 3.05) is 18.5 Å².